The van der Waals surface area contributed by atoms with E-state index in [1.165, 1.54) is 24.3 Å². The van der Waals surface area contributed by atoms with Gasteiger partial charge in [-0.1, -0.05) is 6.07 Å². The van der Waals surface area contributed by atoms with Crippen LogP contribution in [0.1, 0.15) is 10.4 Å². The van der Waals surface area contributed by atoms with Crippen LogP contribution in [0.5, 0.6) is 11.6 Å². The molecule has 0 amide bonds. The van der Waals surface area contributed by atoms with Gasteiger partial charge in [0.2, 0.25) is 5.88 Å². The summed E-state index contributed by atoms with van der Waals surface area (Å²) in [7, 11) is 1.59. The Labute approximate surface area is 137 Å². The molecular weight excluding hydrogens is 311 g/mol. The van der Waals surface area contributed by atoms with Crippen molar-refractivity contribution < 1.29 is 18.7 Å². The highest BCUT2D eigenvalue weighted by molar-refractivity contribution is 5.90. The summed E-state index contributed by atoms with van der Waals surface area (Å²) in [4.78, 5) is 11.9. The fourth-order valence-corrected chi connectivity index (χ4v) is 2.06. The van der Waals surface area contributed by atoms with Gasteiger partial charge in [-0.3, -0.25) is 0 Å². The van der Waals surface area contributed by atoms with Gasteiger partial charge in [0.05, 0.1) is 18.4 Å². The summed E-state index contributed by atoms with van der Waals surface area (Å²) in [6, 6.07) is 15.8. The minimum Gasteiger partial charge on any atom is -0.497 e. The van der Waals surface area contributed by atoms with Gasteiger partial charge in [0.25, 0.3) is 0 Å². The zero-order valence-electron chi connectivity index (χ0n) is 12.8. The van der Waals surface area contributed by atoms with Crippen molar-refractivity contribution in [1.82, 2.24) is 10.2 Å². The number of carbonyl (C=O) groups is 1. The molecule has 0 unspecified atom stereocenters. The van der Waals surface area contributed by atoms with Crippen LogP contribution in [-0.2, 0) is 0 Å². The van der Waals surface area contributed by atoms with Gasteiger partial charge in [0, 0.05) is 11.6 Å². The number of aromatic nitrogens is 2. The molecule has 3 rings (SSSR count). The van der Waals surface area contributed by atoms with E-state index in [1.54, 1.807) is 13.2 Å². The van der Waals surface area contributed by atoms with Crippen LogP contribution < -0.4 is 9.47 Å². The minimum absolute atomic E-state index is 0.0431. The number of halogens is 1. The highest BCUT2D eigenvalue weighted by atomic mass is 19.1. The van der Waals surface area contributed by atoms with Crippen molar-refractivity contribution in [3.8, 4) is 22.9 Å². The predicted octanol–water partition coefficient (Wildman–Crippen LogP) is 3.51. The Hall–Kier alpha value is -3.28. The van der Waals surface area contributed by atoms with Crippen molar-refractivity contribution in [3.05, 3.63) is 72.0 Å². The average Bonchev–Trinajstić information content (AvgIpc) is 2.62. The maximum Gasteiger partial charge on any atom is 0.345 e. The van der Waals surface area contributed by atoms with E-state index in [0.29, 0.717) is 5.69 Å². The van der Waals surface area contributed by atoms with Crippen LogP contribution in [0.15, 0.2) is 60.7 Å². The number of rotatable bonds is 4. The van der Waals surface area contributed by atoms with Crippen molar-refractivity contribution in [2.45, 2.75) is 0 Å². The Balaban J connectivity index is 1.73. The van der Waals surface area contributed by atoms with Crippen LogP contribution in [-0.4, -0.2) is 23.3 Å². The van der Waals surface area contributed by atoms with Crippen molar-refractivity contribution >= 4 is 5.97 Å². The van der Waals surface area contributed by atoms with Gasteiger partial charge in [0.1, 0.15) is 11.6 Å². The maximum absolute atomic E-state index is 13.1. The molecule has 0 fully saturated rings. The zero-order valence-corrected chi connectivity index (χ0v) is 12.8. The van der Waals surface area contributed by atoms with E-state index in [9.17, 15) is 9.18 Å². The monoisotopic (exact) mass is 324 g/mol. The van der Waals surface area contributed by atoms with E-state index in [2.05, 4.69) is 10.2 Å². The molecule has 24 heavy (non-hydrogen) atoms. The van der Waals surface area contributed by atoms with E-state index < -0.39 is 11.8 Å². The molecule has 0 spiro atoms. The minimum atomic E-state index is -0.694. The van der Waals surface area contributed by atoms with Gasteiger partial charge in [-0.2, -0.15) is 0 Å². The maximum atomic E-state index is 13.1. The average molecular weight is 324 g/mol. The summed E-state index contributed by atoms with van der Waals surface area (Å²) in [5.74, 6) is -0.416. The van der Waals surface area contributed by atoms with Gasteiger partial charge in [0.15, 0.2) is 0 Å². The lowest BCUT2D eigenvalue weighted by Gasteiger charge is -2.05. The van der Waals surface area contributed by atoms with Gasteiger partial charge < -0.3 is 9.47 Å². The van der Waals surface area contributed by atoms with E-state index in [4.69, 9.17) is 9.47 Å². The number of benzene rings is 2. The third-order valence-corrected chi connectivity index (χ3v) is 3.28. The largest absolute Gasteiger partial charge is 0.497 e. The molecule has 0 aliphatic carbocycles. The molecule has 0 atom stereocenters. The number of hydrogen-bond donors (Lipinski definition) is 0. The summed E-state index contributed by atoms with van der Waals surface area (Å²) in [5, 5.41) is 7.89. The first kappa shape index (κ1) is 15.6. The quantitative estimate of drug-likeness (QED) is 0.687. The summed E-state index contributed by atoms with van der Waals surface area (Å²) in [5.41, 5.74) is 1.59. The number of methoxy groups -OCH3 is 1. The van der Waals surface area contributed by atoms with E-state index in [1.807, 2.05) is 24.3 Å². The topological polar surface area (TPSA) is 61.3 Å². The number of hydrogen-bond acceptors (Lipinski definition) is 5. The molecule has 0 N–H and O–H groups in total. The fourth-order valence-electron chi connectivity index (χ4n) is 2.06. The van der Waals surface area contributed by atoms with E-state index in [0.717, 1.165) is 17.4 Å². The summed E-state index contributed by atoms with van der Waals surface area (Å²) in [6.07, 6.45) is 0. The lowest BCUT2D eigenvalue weighted by Crippen LogP contribution is -2.10. The molecule has 1 heterocycles. The molecule has 2 aromatic carbocycles. The van der Waals surface area contributed by atoms with Crippen molar-refractivity contribution in [1.29, 1.82) is 0 Å². The first-order valence-corrected chi connectivity index (χ1v) is 7.11. The molecule has 0 saturated carbocycles. The Morgan fingerprint density at radius 2 is 1.79 bits per heavy atom. The molecule has 0 aliphatic rings. The molecule has 6 heteroatoms. The normalized spacial score (nSPS) is 10.2. The van der Waals surface area contributed by atoms with Gasteiger partial charge in [-0.05, 0) is 48.5 Å². The molecule has 0 saturated heterocycles. The standard InChI is InChI=1S/C18H13FN2O3/c1-23-15-7-5-12(6-8-15)16-9-10-17(21-20-16)24-18(22)13-3-2-4-14(19)11-13/h2-11H,1H3. The highest BCUT2D eigenvalue weighted by Gasteiger charge is 2.11. The Morgan fingerprint density at radius 1 is 1.00 bits per heavy atom. The van der Waals surface area contributed by atoms with Crippen molar-refractivity contribution in [2.24, 2.45) is 0 Å². The van der Waals surface area contributed by atoms with Crippen LogP contribution in [0, 0.1) is 5.82 Å². The van der Waals surface area contributed by atoms with Gasteiger partial charge >= 0.3 is 5.97 Å². The van der Waals surface area contributed by atoms with Crippen molar-refractivity contribution in [3.63, 3.8) is 0 Å². The summed E-state index contributed by atoms with van der Waals surface area (Å²) >= 11 is 0. The molecule has 0 bridgehead atoms. The van der Waals surface area contributed by atoms with E-state index >= 15 is 0 Å². The molecule has 5 nitrogen and oxygen atoms in total. The van der Waals surface area contributed by atoms with E-state index in [-0.39, 0.29) is 11.4 Å². The van der Waals surface area contributed by atoms with Crippen LogP contribution in [0.3, 0.4) is 0 Å². The molecule has 0 radical (unpaired) electrons. The molecule has 120 valence electrons. The first-order chi connectivity index (χ1) is 11.7. The number of carbonyl (C=O) groups excluding carboxylic acids is 1. The molecular formula is C18H13FN2O3. The number of nitrogens with zero attached hydrogens (tertiary/aromatic N) is 2. The van der Waals surface area contributed by atoms with Crippen molar-refractivity contribution in [2.75, 3.05) is 7.11 Å². The van der Waals surface area contributed by atoms with Crippen LogP contribution >= 0.6 is 0 Å². The molecule has 1 aromatic heterocycles. The third-order valence-electron chi connectivity index (χ3n) is 3.28. The van der Waals surface area contributed by atoms with Crippen LogP contribution in [0.4, 0.5) is 4.39 Å². The smallest absolute Gasteiger partial charge is 0.345 e. The molecule has 0 aliphatic heterocycles. The highest BCUT2D eigenvalue weighted by Crippen LogP contribution is 2.21. The number of esters is 1. The van der Waals surface area contributed by atoms with Crippen LogP contribution in [0.2, 0.25) is 0 Å². The number of ether oxygens (including phenoxy) is 2. The Bertz CT molecular complexity index is 849. The Kier molecular flexibility index (Phi) is 4.47. The first-order valence-electron chi connectivity index (χ1n) is 7.11. The SMILES string of the molecule is COc1ccc(-c2ccc(OC(=O)c3cccc(F)c3)nn2)cc1. The predicted molar refractivity (Wildman–Crippen MR) is 85.4 cm³/mol. The van der Waals surface area contributed by atoms with Crippen LogP contribution in [0.25, 0.3) is 11.3 Å². The second kappa shape index (κ2) is 6.87. The summed E-state index contributed by atoms with van der Waals surface area (Å²) in [6.45, 7) is 0. The summed E-state index contributed by atoms with van der Waals surface area (Å²) < 4.78 is 23.3. The Morgan fingerprint density at radius 3 is 2.42 bits per heavy atom. The lowest BCUT2D eigenvalue weighted by atomic mass is 10.1. The lowest BCUT2D eigenvalue weighted by molar-refractivity contribution is 0.0725. The van der Waals surface area contributed by atoms with Gasteiger partial charge in [-0.15, -0.1) is 10.2 Å². The van der Waals surface area contributed by atoms with Gasteiger partial charge in [-0.25, -0.2) is 9.18 Å². The fraction of sp³-hybridized carbons (Fsp3) is 0.0556. The second-order valence-electron chi connectivity index (χ2n) is 4.89. The zero-order chi connectivity index (χ0) is 16.9. The molecule has 3 aromatic rings. The third kappa shape index (κ3) is 3.55. The second-order valence-corrected chi connectivity index (χ2v) is 4.89.